The summed E-state index contributed by atoms with van der Waals surface area (Å²) in [6, 6.07) is 16.1. The van der Waals surface area contributed by atoms with E-state index < -0.39 is 0 Å². The van der Waals surface area contributed by atoms with Gasteiger partial charge in [0.25, 0.3) is 0 Å². The van der Waals surface area contributed by atoms with Gasteiger partial charge in [0.05, 0.1) is 11.3 Å². The van der Waals surface area contributed by atoms with Crippen LogP contribution in [0.1, 0.15) is 49.9 Å². The van der Waals surface area contributed by atoms with Gasteiger partial charge in [0.1, 0.15) is 0 Å². The van der Waals surface area contributed by atoms with E-state index in [4.69, 9.17) is 10.1 Å². The van der Waals surface area contributed by atoms with E-state index in [-0.39, 0.29) is 37.1 Å². The van der Waals surface area contributed by atoms with Gasteiger partial charge in [-0.3, -0.25) is 9.78 Å². The van der Waals surface area contributed by atoms with Crippen LogP contribution in [0.4, 0.5) is 0 Å². The number of ketones is 1. The number of pyridine rings is 1. The Hall–Kier alpha value is -2.55. The predicted molar refractivity (Wildman–Crippen MR) is 114 cm³/mol. The number of nitrogens with zero attached hydrogens (tertiary/aromatic N) is 1. The van der Waals surface area contributed by atoms with Crippen molar-refractivity contribution in [3.8, 4) is 11.3 Å². The van der Waals surface area contributed by atoms with Crippen LogP contribution in [0.3, 0.4) is 0 Å². The van der Waals surface area contributed by atoms with Gasteiger partial charge in [0.15, 0.2) is 5.78 Å². The van der Waals surface area contributed by atoms with Gasteiger partial charge in [-0.2, -0.15) is 0 Å². The summed E-state index contributed by atoms with van der Waals surface area (Å²) in [4.78, 5) is 15.0. The fourth-order valence-electron chi connectivity index (χ4n) is 4.25. The molecule has 0 fully saturated rings. The van der Waals surface area contributed by atoms with Crippen LogP contribution < -0.4 is 0 Å². The Morgan fingerprint density at radius 1 is 1.14 bits per heavy atom. The zero-order valence-corrected chi connectivity index (χ0v) is 19.2. The molecule has 2 aliphatic rings. The first-order chi connectivity index (χ1) is 13.3. The Morgan fingerprint density at radius 3 is 2.55 bits per heavy atom. The summed E-state index contributed by atoms with van der Waals surface area (Å²) in [7, 11) is 0. The number of aliphatic hydroxyl groups excluding tert-OH is 1. The third kappa shape index (κ3) is 3.48. The Morgan fingerprint density at radius 2 is 1.90 bits per heavy atom. The Kier molecular flexibility index (Phi) is 5.62. The molecule has 1 radical (unpaired) electrons. The van der Waals surface area contributed by atoms with E-state index in [9.17, 15) is 4.79 Å². The van der Waals surface area contributed by atoms with E-state index in [0.717, 1.165) is 11.2 Å². The standard InChI is InChI=1S/C20H14N.C5H8O2.Ir/c1-20(2)15-8-4-3-7-13(15)19-18(20)14-11-10-12-6-5-9-16(21-19)17(12)14;1-4(6)3-5(2)7;/h3-6,8-11H,1-2H3;3,6H,1-2H3;/q-1;;. The van der Waals surface area contributed by atoms with Crippen molar-refractivity contribution < 1.29 is 30.0 Å². The van der Waals surface area contributed by atoms with Gasteiger partial charge >= 0.3 is 0 Å². The zero-order chi connectivity index (χ0) is 20.1. The summed E-state index contributed by atoms with van der Waals surface area (Å²) < 4.78 is 0. The molecule has 0 saturated carbocycles. The number of aliphatic hydroxyl groups is 1. The van der Waals surface area contributed by atoms with Crippen LogP contribution in [-0.4, -0.2) is 15.9 Å². The number of rotatable bonds is 1. The zero-order valence-electron chi connectivity index (χ0n) is 16.8. The Bertz CT molecular complexity index is 1180. The van der Waals surface area contributed by atoms with E-state index in [1.165, 1.54) is 53.1 Å². The summed E-state index contributed by atoms with van der Waals surface area (Å²) in [5.74, 6) is -0.0625. The quantitative estimate of drug-likeness (QED) is 0.180. The molecule has 1 heterocycles. The van der Waals surface area contributed by atoms with Crippen LogP contribution in [0.15, 0.2) is 48.2 Å². The topological polar surface area (TPSA) is 50.2 Å². The van der Waals surface area contributed by atoms with Crippen molar-refractivity contribution >= 4 is 28.8 Å². The third-order valence-corrected chi connectivity index (χ3v) is 5.32. The van der Waals surface area contributed by atoms with Crippen molar-refractivity contribution in [2.45, 2.75) is 33.1 Å². The van der Waals surface area contributed by atoms with Crippen LogP contribution in [0.5, 0.6) is 0 Å². The molecule has 1 aromatic heterocycles. The predicted octanol–water partition coefficient (Wildman–Crippen LogP) is 5.86. The first-order valence-corrected chi connectivity index (χ1v) is 9.35. The van der Waals surface area contributed by atoms with Crippen molar-refractivity contribution in [2.24, 2.45) is 0 Å². The molecular weight excluding hydrogens is 538 g/mol. The fraction of sp³-hybridized carbons (Fsp3) is 0.200. The molecule has 0 saturated heterocycles. The molecule has 2 aliphatic carbocycles. The number of hydrogen-bond donors (Lipinski definition) is 1. The van der Waals surface area contributed by atoms with Crippen molar-refractivity contribution in [3.63, 3.8) is 0 Å². The average Bonchev–Trinajstić information content (AvgIpc) is 3.14. The largest absolute Gasteiger partial charge is 0.512 e. The number of allylic oxidation sites excluding steroid dienone is 2. The molecule has 3 nitrogen and oxygen atoms in total. The first kappa shape index (κ1) is 21.2. The summed E-state index contributed by atoms with van der Waals surface area (Å²) in [6.45, 7) is 7.44. The van der Waals surface area contributed by atoms with Crippen molar-refractivity contribution in [1.29, 1.82) is 0 Å². The van der Waals surface area contributed by atoms with E-state index in [1.54, 1.807) is 0 Å². The van der Waals surface area contributed by atoms with Crippen molar-refractivity contribution in [1.82, 2.24) is 4.98 Å². The molecule has 0 aliphatic heterocycles. The molecule has 29 heavy (non-hydrogen) atoms. The van der Waals surface area contributed by atoms with Crippen LogP contribution in [0.2, 0.25) is 0 Å². The summed E-state index contributed by atoms with van der Waals surface area (Å²) in [5.41, 5.74) is 8.68. The van der Waals surface area contributed by atoms with Gasteiger partial charge in [-0.05, 0) is 42.1 Å². The van der Waals surface area contributed by atoms with Crippen LogP contribution in [0.25, 0.3) is 34.3 Å². The molecule has 0 unspecified atom stereocenters. The number of aromatic nitrogens is 1. The summed E-state index contributed by atoms with van der Waals surface area (Å²) in [6.07, 6.45) is 5.63. The molecule has 0 bridgehead atoms. The molecule has 2 aromatic carbocycles. The smallest absolute Gasteiger partial charge is 0.155 e. The minimum absolute atomic E-state index is 0. The van der Waals surface area contributed by atoms with Gasteiger partial charge < -0.3 is 5.11 Å². The fourth-order valence-corrected chi connectivity index (χ4v) is 4.25. The second-order valence-electron chi connectivity index (χ2n) is 7.80. The second kappa shape index (κ2) is 7.70. The SMILES string of the molecule is CC(=O)C=C(C)O.CC1(C)c2ccc[c-]c2-c2nc3cccc4c3c(c21)C=C4.[Ir]. The number of carbonyl (C=O) groups is 1. The Balaban J connectivity index is 0.000000263. The maximum atomic E-state index is 10.0. The van der Waals surface area contributed by atoms with E-state index in [0.29, 0.717) is 0 Å². The number of hydrogen-bond acceptors (Lipinski definition) is 3. The first-order valence-electron chi connectivity index (χ1n) is 9.35. The summed E-state index contributed by atoms with van der Waals surface area (Å²) >= 11 is 0. The van der Waals surface area contributed by atoms with Crippen molar-refractivity contribution in [3.05, 3.63) is 76.6 Å². The molecular formula is C25H22IrNO2-. The molecule has 4 heteroatoms. The minimum atomic E-state index is -0.125. The molecule has 0 amide bonds. The second-order valence-corrected chi connectivity index (χ2v) is 7.80. The molecule has 0 spiro atoms. The van der Waals surface area contributed by atoms with Crippen molar-refractivity contribution in [2.75, 3.05) is 0 Å². The van der Waals surface area contributed by atoms with Crippen LogP contribution in [-0.2, 0) is 30.3 Å². The Labute approximate surface area is 184 Å². The maximum Gasteiger partial charge on any atom is 0.155 e. The molecule has 0 atom stereocenters. The van der Waals surface area contributed by atoms with Gasteiger partial charge in [-0.15, -0.1) is 35.4 Å². The minimum Gasteiger partial charge on any atom is -0.512 e. The number of carbonyl (C=O) groups excluding carboxylic acids is 1. The van der Waals surface area contributed by atoms with E-state index in [1.807, 2.05) is 6.07 Å². The van der Waals surface area contributed by atoms with Gasteiger partial charge in [0, 0.05) is 31.6 Å². The van der Waals surface area contributed by atoms with Gasteiger partial charge in [0.2, 0.25) is 0 Å². The summed E-state index contributed by atoms with van der Waals surface area (Å²) in [5, 5.41) is 9.67. The molecule has 5 rings (SSSR count). The molecule has 3 aromatic rings. The van der Waals surface area contributed by atoms with Gasteiger partial charge in [-0.1, -0.05) is 43.7 Å². The average molecular weight is 561 g/mol. The van der Waals surface area contributed by atoms with Crippen LogP contribution in [0, 0.1) is 6.07 Å². The molecule has 149 valence electrons. The maximum absolute atomic E-state index is 10.0. The normalized spacial score (nSPS) is 14.6. The number of benzene rings is 2. The monoisotopic (exact) mass is 561 g/mol. The third-order valence-electron chi connectivity index (χ3n) is 5.32. The van der Waals surface area contributed by atoms with E-state index >= 15 is 0 Å². The van der Waals surface area contributed by atoms with Gasteiger partial charge in [-0.25, -0.2) is 0 Å². The van der Waals surface area contributed by atoms with Crippen LogP contribution >= 0.6 is 0 Å². The molecule has 1 N–H and O–H groups in total. The number of fused-ring (bicyclic) bond motifs is 4. The van der Waals surface area contributed by atoms with E-state index in [2.05, 4.69) is 62.4 Å².